The summed E-state index contributed by atoms with van der Waals surface area (Å²) in [4.78, 5) is 2.35. The van der Waals surface area contributed by atoms with Crippen LogP contribution in [-0.2, 0) is 0 Å². The van der Waals surface area contributed by atoms with E-state index in [0.717, 1.165) is 6.54 Å². The molecule has 60 valence electrons. The molecule has 2 N–H and O–H groups in total. The maximum absolute atomic E-state index is 5.45. The van der Waals surface area contributed by atoms with Crippen molar-refractivity contribution in [2.75, 3.05) is 20.6 Å². The molecule has 1 fully saturated rings. The van der Waals surface area contributed by atoms with Crippen LogP contribution in [0.5, 0.6) is 0 Å². The van der Waals surface area contributed by atoms with Gasteiger partial charge in [0.25, 0.3) is 0 Å². The molecule has 1 aliphatic carbocycles. The fraction of sp³-hybridized carbons (Fsp3) is 1.00. The predicted molar refractivity (Wildman–Crippen MR) is 43.9 cm³/mol. The number of rotatable bonds is 4. The molecular formula is C8H18N2. The molecule has 1 rings (SSSR count). The van der Waals surface area contributed by atoms with Gasteiger partial charge in [-0.15, -0.1) is 0 Å². The zero-order valence-corrected chi connectivity index (χ0v) is 7.06. The third kappa shape index (κ3) is 1.50. The van der Waals surface area contributed by atoms with Crippen molar-refractivity contribution in [1.82, 2.24) is 4.90 Å². The Kier molecular flexibility index (Phi) is 2.32. The van der Waals surface area contributed by atoms with Crippen LogP contribution in [0.15, 0.2) is 0 Å². The van der Waals surface area contributed by atoms with Crippen molar-refractivity contribution in [2.24, 2.45) is 5.73 Å². The van der Waals surface area contributed by atoms with Crippen molar-refractivity contribution in [3.63, 3.8) is 0 Å². The van der Waals surface area contributed by atoms with E-state index in [0.29, 0.717) is 5.54 Å². The summed E-state index contributed by atoms with van der Waals surface area (Å²) in [6.07, 6.45) is 5.22. The van der Waals surface area contributed by atoms with Gasteiger partial charge in [0.1, 0.15) is 0 Å². The van der Waals surface area contributed by atoms with Crippen molar-refractivity contribution in [3.8, 4) is 0 Å². The molecule has 0 aromatic heterocycles. The summed E-state index contributed by atoms with van der Waals surface area (Å²) < 4.78 is 0. The van der Waals surface area contributed by atoms with Crippen LogP contribution in [0.3, 0.4) is 0 Å². The quantitative estimate of drug-likeness (QED) is 0.629. The molecule has 1 aliphatic rings. The van der Waals surface area contributed by atoms with E-state index >= 15 is 0 Å². The van der Waals surface area contributed by atoms with Crippen molar-refractivity contribution in [2.45, 2.75) is 31.2 Å². The zero-order chi connectivity index (χ0) is 7.61. The Morgan fingerprint density at radius 3 is 2.30 bits per heavy atom. The zero-order valence-electron chi connectivity index (χ0n) is 7.06. The molecular weight excluding hydrogens is 124 g/mol. The molecule has 1 saturated carbocycles. The first-order valence-corrected chi connectivity index (χ1v) is 4.09. The molecule has 0 unspecified atom stereocenters. The van der Waals surface area contributed by atoms with Crippen LogP contribution in [-0.4, -0.2) is 31.1 Å². The van der Waals surface area contributed by atoms with Gasteiger partial charge >= 0.3 is 0 Å². The Labute approximate surface area is 63.4 Å². The molecule has 0 atom stereocenters. The monoisotopic (exact) mass is 142 g/mol. The van der Waals surface area contributed by atoms with Crippen LogP contribution in [0, 0.1) is 0 Å². The molecule has 2 heteroatoms. The molecule has 10 heavy (non-hydrogen) atoms. The highest BCUT2D eigenvalue weighted by molar-refractivity contribution is 5.01. The van der Waals surface area contributed by atoms with Gasteiger partial charge in [-0.3, -0.25) is 0 Å². The fourth-order valence-corrected chi connectivity index (χ4v) is 1.50. The van der Waals surface area contributed by atoms with Gasteiger partial charge in [-0.05, 0) is 46.3 Å². The number of nitrogens with zero attached hydrogens (tertiary/aromatic N) is 1. The Hall–Kier alpha value is -0.0800. The second kappa shape index (κ2) is 2.89. The number of nitrogens with two attached hydrogens (primary N) is 1. The highest BCUT2D eigenvalue weighted by Crippen LogP contribution is 2.43. The minimum Gasteiger partial charge on any atom is -0.330 e. The van der Waals surface area contributed by atoms with Gasteiger partial charge in [0.15, 0.2) is 0 Å². The summed E-state index contributed by atoms with van der Waals surface area (Å²) in [5.74, 6) is 0. The lowest BCUT2D eigenvalue weighted by atomic mass is 10.1. The third-order valence-corrected chi connectivity index (χ3v) is 2.62. The highest BCUT2D eigenvalue weighted by Gasteiger charge is 2.43. The van der Waals surface area contributed by atoms with Crippen LogP contribution in [0.25, 0.3) is 0 Å². The van der Waals surface area contributed by atoms with Gasteiger partial charge < -0.3 is 10.6 Å². The van der Waals surface area contributed by atoms with Gasteiger partial charge in [0, 0.05) is 5.54 Å². The van der Waals surface area contributed by atoms with E-state index < -0.39 is 0 Å². The Balaban J connectivity index is 2.24. The highest BCUT2D eigenvalue weighted by atomic mass is 15.2. The standard InChI is InChI=1S/C8H18N2/c1-10(2)8(5-6-8)4-3-7-9/h3-7,9H2,1-2H3. The lowest BCUT2D eigenvalue weighted by Gasteiger charge is -2.22. The number of hydrogen-bond donors (Lipinski definition) is 1. The van der Waals surface area contributed by atoms with Crippen LogP contribution < -0.4 is 5.73 Å². The van der Waals surface area contributed by atoms with Crippen LogP contribution in [0.2, 0.25) is 0 Å². The van der Waals surface area contributed by atoms with Crippen molar-refractivity contribution >= 4 is 0 Å². The summed E-state index contributed by atoms with van der Waals surface area (Å²) in [7, 11) is 4.34. The molecule has 0 spiro atoms. The smallest absolute Gasteiger partial charge is 0.0205 e. The van der Waals surface area contributed by atoms with E-state index in [-0.39, 0.29) is 0 Å². The van der Waals surface area contributed by atoms with Gasteiger partial charge in [0.05, 0.1) is 0 Å². The lowest BCUT2D eigenvalue weighted by molar-refractivity contribution is 0.253. The van der Waals surface area contributed by atoms with Gasteiger partial charge in [-0.1, -0.05) is 0 Å². The summed E-state index contributed by atoms with van der Waals surface area (Å²) in [5.41, 5.74) is 6.00. The maximum atomic E-state index is 5.45. The van der Waals surface area contributed by atoms with Crippen molar-refractivity contribution in [1.29, 1.82) is 0 Å². The minimum absolute atomic E-state index is 0.555. The number of hydrogen-bond acceptors (Lipinski definition) is 2. The molecule has 0 aromatic carbocycles. The Morgan fingerprint density at radius 1 is 1.40 bits per heavy atom. The Bertz CT molecular complexity index is 106. The van der Waals surface area contributed by atoms with E-state index in [4.69, 9.17) is 5.73 Å². The van der Waals surface area contributed by atoms with Crippen molar-refractivity contribution in [3.05, 3.63) is 0 Å². The molecule has 2 nitrogen and oxygen atoms in total. The fourth-order valence-electron chi connectivity index (χ4n) is 1.50. The molecule has 0 heterocycles. The van der Waals surface area contributed by atoms with E-state index in [1.807, 2.05) is 0 Å². The molecule has 0 amide bonds. The van der Waals surface area contributed by atoms with Crippen LogP contribution in [0.4, 0.5) is 0 Å². The van der Waals surface area contributed by atoms with E-state index in [9.17, 15) is 0 Å². The topological polar surface area (TPSA) is 29.3 Å². The molecule has 0 aliphatic heterocycles. The Morgan fingerprint density at radius 2 is 2.00 bits per heavy atom. The maximum Gasteiger partial charge on any atom is 0.0205 e. The van der Waals surface area contributed by atoms with E-state index in [1.165, 1.54) is 25.7 Å². The molecule has 0 aromatic rings. The average molecular weight is 142 g/mol. The lowest BCUT2D eigenvalue weighted by Crippen LogP contribution is -2.30. The van der Waals surface area contributed by atoms with E-state index in [2.05, 4.69) is 19.0 Å². The first kappa shape index (κ1) is 8.02. The summed E-state index contributed by atoms with van der Waals surface area (Å²) in [6.45, 7) is 0.843. The molecule has 0 radical (unpaired) electrons. The summed E-state index contributed by atoms with van der Waals surface area (Å²) in [5, 5.41) is 0. The first-order valence-electron chi connectivity index (χ1n) is 4.09. The molecule has 0 saturated heterocycles. The second-order valence-electron chi connectivity index (χ2n) is 3.51. The van der Waals surface area contributed by atoms with Gasteiger partial charge in [-0.2, -0.15) is 0 Å². The normalized spacial score (nSPS) is 21.6. The largest absolute Gasteiger partial charge is 0.330 e. The minimum atomic E-state index is 0.555. The second-order valence-corrected chi connectivity index (χ2v) is 3.51. The van der Waals surface area contributed by atoms with Crippen molar-refractivity contribution < 1.29 is 0 Å². The van der Waals surface area contributed by atoms with Gasteiger partial charge in [0.2, 0.25) is 0 Å². The third-order valence-electron chi connectivity index (χ3n) is 2.62. The van der Waals surface area contributed by atoms with Crippen LogP contribution in [0.1, 0.15) is 25.7 Å². The summed E-state index contributed by atoms with van der Waals surface area (Å²) in [6, 6.07) is 0. The molecule has 0 bridgehead atoms. The SMILES string of the molecule is CN(C)C1(CCCN)CC1. The van der Waals surface area contributed by atoms with Gasteiger partial charge in [-0.25, -0.2) is 0 Å². The predicted octanol–water partition coefficient (Wildman–Crippen LogP) is 0.819. The van der Waals surface area contributed by atoms with Crippen LogP contribution >= 0.6 is 0 Å². The average Bonchev–Trinajstić information content (AvgIpc) is 2.64. The summed E-state index contributed by atoms with van der Waals surface area (Å²) >= 11 is 0. The first-order chi connectivity index (χ1) is 4.71. The van der Waals surface area contributed by atoms with E-state index in [1.54, 1.807) is 0 Å².